The smallest absolute Gasteiger partial charge is 0.220 e. The zero-order valence-electron chi connectivity index (χ0n) is 12.9. The van der Waals surface area contributed by atoms with Crippen molar-refractivity contribution in [3.05, 3.63) is 11.8 Å². The Kier molecular flexibility index (Phi) is 4.00. The molecular weight excluding hydrogens is 238 g/mol. The van der Waals surface area contributed by atoms with Gasteiger partial charge in [-0.3, -0.25) is 0 Å². The van der Waals surface area contributed by atoms with Gasteiger partial charge in [-0.15, -0.1) is 10.2 Å². The second-order valence-corrected chi connectivity index (χ2v) is 7.39. The summed E-state index contributed by atoms with van der Waals surface area (Å²) in [6, 6.07) is 0. The van der Waals surface area contributed by atoms with Gasteiger partial charge in [0.2, 0.25) is 11.8 Å². The fourth-order valence-corrected chi connectivity index (χ4v) is 2.84. The second kappa shape index (κ2) is 5.23. The molecule has 1 atom stereocenters. The van der Waals surface area contributed by atoms with E-state index in [9.17, 15) is 0 Å². The molecule has 1 heterocycles. The van der Waals surface area contributed by atoms with E-state index in [1.807, 2.05) is 0 Å². The standard InChI is InChI=1S/C15H27N3O/c1-14(2,3)16-10-8-12-17-18-13(19-12)11-7-6-9-15(11,4)5/h11,16H,6-10H2,1-5H3. The molecule has 1 N–H and O–H groups in total. The van der Waals surface area contributed by atoms with Crippen LogP contribution in [0.15, 0.2) is 4.42 Å². The Bertz CT molecular complexity index is 417. The average Bonchev–Trinajstić information content (AvgIpc) is 2.82. The van der Waals surface area contributed by atoms with Crippen LogP contribution in [0.1, 0.15) is 71.6 Å². The van der Waals surface area contributed by atoms with E-state index >= 15 is 0 Å². The minimum atomic E-state index is 0.135. The first-order valence-corrected chi connectivity index (χ1v) is 7.35. The highest BCUT2D eigenvalue weighted by molar-refractivity contribution is 5.02. The molecular formula is C15H27N3O. The summed E-state index contributed by atoms with van der Waals surface area (Å²) in [5.74, 6) is 2.03. The molecule has 0 amide bonds. The van der Waals surface area contributed by atoms with Crippen molar-refractivity contribution in [1.82, 2.24) is 15.5 Å². The summed E-state index contributed by atoms with van der Waals surface area (Å²) in [5.41, 5.74) is 0.434. The minimum absolute atomic E-state index is 0.135. The van der Waals surface area contributed by atoms with Crippen molar-refractivity contribution in [3.8, 4) is 0 Å². The van der Waals surface area contributed by atoms with E-state index in [4.69, 9.17) is 4.42 Å². The molecule has 0 spiro atoms. The van der Waals surface area contributed by atoms with Gasteiger partial charge in [-0.2, -0.15) is 0 Å². The third-order valence-corrected chi connectivity index (χ3v) is 4.03. The summed E-state index contributed by atoms with van der Waals surface area (Å²) < 4.78 is 5.86. The average molecular weight is 265 g/mol. The highest BCUT2D eigenvalue weighted by atomic mass is 16.4. The summed E-state index contributed by atoms with van der Waals surface area (Å²) in [5, 5.41) is 11.9. The van der Waals surface area contributed by atoms with Crippen LogP contribution in [-0.2, 0) is 6.42 Å². The fraction of sp³-hybridized carbons (Fsp3) is 0.867. The van der Waals surface area contributed by atoms with E-state index in [-0.39, 0.29) is 5.54 Å². The topological polar surface area (TPSA) is 51.0 Å². The zero-order valence-corrected chi connectivity index (χ0v) is 12.9. The van der Waals surface area contributed by atoms with Crippen molar-refractivity contribution in [1.29, 1.82) is 0 Å². The molecule has 0 aliphatic heterocycles. The van der Waals surface area contributed by atoms with Crippen LogP contribution >= 0.6 is 0 Å². The van der Waals surface area contributed by atoms with Crippen LogP contribution in [0, 0.1) is 5.41 Å². The van der Waals surface area contributed by atoms with Crippen LogP contribution in [0.2, 0.25) is 0 Å². The van der Waals surface area contributed by atoms with Gasteiger partial charge in [0.25, 0.3) is 0 Å². The normalized spacial score (nSPS) is 22.9. The quantitative estimate of drug-likeness (QED) is 0.907. The van der Waals surface area contributed by atoms with Gasteiger partial charge in [-0.25, -0.2) is 0 Å². The maximum atomic E-state index is 5.86. The zero-order chi connectivity index (χ0) is 14.1. The maximum Gasteiger partial charge on any atom is 0.220 e. The lowest BCUT2D eigenvalue weighted by atomic mass is 9.82. The minimum Gasteiger partial charge on any atom is -0.425 e. The summed E-state index contributed by atoms with van der Waals surface area (Å²) in [6.45, 7) is 12.0. The Morgan fingerprint density at radius 2 is 2.05 bits per heavy atom. The molecule has 108 valence electrons. The van der Waals surface area contributed by atoms with Crippen LogP contribution in [0.3, 0.4) is 0 Å². The lowest BCUT2D eigenvalue weighted by Gasteiger charge is -2.23. The van der Waals surface area contributed by atoms with E-state index in [1.54, 1.807) is 0 Å². The molecule has 1 aliphatic carbocycles. The van der Waals surface area contributed by atoms with Gasteiger partial charge in [0, 0.05) is 24.4 Å². The van der Waals surface area contributed by atoms with Gasteiger partial charge in [0.15, 0.2) is 0 Å². The van der Waals surface area contributed by atoms with E-state index in [1.165, 1.54) is 19.3 Å². The number of rotatable bonds is 4. The van der Waals surface area contributed by atoms with E-state index < -0.39 is 0 Å². The predicted molar refractivity (Wildman–Crippen MR) is 76.1 cm³/mol. The lowest BCUT2D eigenvalue weighted by Crippen LogP contribution is -2.37. The van der Waals surface area contributed by atoms with Gasteiger partial charge in [0.1, 0.15) is 0 Å². The molecule has 1 unspecified atom stereocenters. The Hall–Kier alpha value is -0.900. The molecule has 0 radical (unpaired) electrons. The van der Waals surface area contributed by atoms with Crippen molar-refractivity contribution >= 4 is 0 Å². The Morgan fingerprint density at radius 1 is 1.32 bits per heavy atom. The van der Waals surface area contributed by atoms with Gasteiger partial charge in [-0.05, 0) is 39.0 Å². The first-order valence-electron chi connectivity index (χ1n) is 7.35. The summed E-state index contributed by atoms with van der Waals surface area (Å²) in [4.78, 5) is 0. The Labute approximate surface area is 116 Å². The van der Waals surface area contributed by atoms with E-state index in [0.29, 0.717) is 11.3 Å². The monoisotopic (exact) mass is 265 g/mol. The molecule has 0 aromatic carbocycles. The van der Waals surface area contributed by atoms with Gasteiger partial charge in [0.05, 0.1) is 0 Å². The molecule has 0 saturated heterocycles. The number of nitrogens with zero attached hydrogens (tertiary/aromatic N) is 2. The number of nitrogens with one attached hydrogen (secondary N) is 1. The van der Waals surface area contributed by atoms with Gasteiger partial charge >= 0.3 is 0 Å². The van der Waals surface area contributed by atoms with Crippen molar-refractivity contribution in [2.24, 2.45) is 5.41 Å². The SMILES string of the molecule is CC(C)(C)NCCc1nnc(C2CCCC2(C)C)o1. The van der Waals surface area contributed by atoms with Gasteiger partial charge < -0.3 is 9.73 Å². The third kappa shape index (κ3) is 3.78. The van der Waals surface area contributed by atoms with Crippen molar-refractivity contribution < 1.29 is 4.42 Å². The summed E-state index contributed by atoms with van der Waals surface area (Å²) in [7, 11) is 0. The van der Waals surface area contributed by atoms with Crippen molar-refractivity contribution in [2.75, 3.05) is 6.54 Å². The van der Waals surface area contributed by atoms with Crippen LogP contribution in [0.25, 0.3) is 0 Å². The third-order valence-electron chi connectivity index (χ3n) is 4.03. The molecule has 4 nitrogen and oxygen atoms in total. The molecule has 1 aliphatic rings. The molecule has 1 saturated carbocycles. The van der Waals surface area contributed by atoms with Crippen LogP contribution in [0.4, 0.5) is 0 Å². The largest absolute Gasteiger partial charge is 0.425 e. The fourth-order valence-electron chi connectivity index (χ4n) is 2.84. The Balaban J connectivity index is 1.92. The van der Waals surface area contributed by atoms with Crippen LogP contribution in [-0.4, -0.2) is 22.3 Å². The second-order valence-electron chi connectivity index (χ2n) is 7.39. The molecule has 4 heteroatoms. The molecule has 19 heavy (non-hydrogen) atoms. The molecule has 0 bridgehead atoms. The summed E-state index contributed by atoms with van der Waals surface area (Å²) in [6.07, 6.45) is 4.49. The van der Waals surface area contributed by atoms with Crippen LogP contribution < -0.4 is 5.32 Å². The van der Waals surface area contributed by atoms with Crippen molar-refractivity contribution in [3.63, 3.8) is 0 Å². The van der Waals surface area contributed by atoms with Crippen LogP contribution in [0.5, 0.6) is 0 Å². The predicted octanol–water partition coefficient (Wildman–Crippen LogP) is 3.29. The highest BCUT2D eigenvalue weighted by Gasteiger charge is 2.38. The van der Waals surface area contributed by atoms with Crippen molar-refractivity contribution in [2.45, 2.75) is 71.8 Å². The maximum absolute atomic E-state index is 5.86. The first kappa shape index (κ1) is 14.5. The van der Waals surface area contributed by atoms with E-state index in [0.717, 1.165) is 24.7 Å². The number of aromatic nitrogens is 2. The Morgan fingerprint density at radius 3 is 2.63 bits per heavy atom. The molecule has 1 aromatic rings. The van der Waals surface area contributed by atoms with Gasteiger partial charge in [-0.1, -0.05) is 20.3 Å². The lowest BCUT2D eigenvalue weighted by molar-refractivity contribution is 0.280. The number of hydrogen-bond acceptors (Lipinski definition) is 4. The molecule has 1 fully saturated rings. The highest BCUT2D eigenvalue weighted by Crippen LogP contribution is 2.48. The van der Waals surface area contributed by atoms with E-state index in [2.05, 4.69) is 50.1 Å². The first-order chi connectivity index (χ1) is 8.78. The summed E-state index contributed by atoms with van der Waals surface area (Å²) >= 11 is 0. The molecule has 2 rings (SSSR count). The number of hydrogen-bond donors (Lipinski definition) is 1. The molecule has 1 aromatic heterocycles.